The lowest BCUT2D eigenvalue weighted by molar-refractivity contribution is 0.511. The highest BCUT2D eigenvalue weighted by molar-refractivity contribution is 7.12. The molecule has 2 nitrogen and oxygen atoms in total. The Kier molecular flexibility index (Phi) is 5.67. The molecule has 1 aliphatic carbocycles. The van der Waals surface area contributed by atoms with E-state index in [1.807, 2.05) is 11.3 Å². The van der Waals surface area contributed by atoms with Crippen LogP contribution in [0.2, 0.25) is 0 Å². The van der Waals surface area contributed by atoms with E-state index >= 15 is 0 Å². The zero-order valence-electron chi connectivity index (χ0n) is 11.7. The summed E-state index contributed by atoms with van der Waals surface area (Å²) in [5, 5.41) is 6.99. The highest BCUT2D eigenvalue weighted by atomic mass is 32.1. The Morgan fingerprint density at radius 1 is 1.28 bits per heavy atom. The predicted octanol–water partition coefficient (Wildman–Crippen LogP) is 3.10. The Labute approximate surface area is 115 Å². The molecule has 1 atom stereocenters. The third-order valence-electron chi connectivity index (χ3n) is 3.62. The molecule has 0 spiro atoms. The minimum atomic E-state index is 0.548. The monoisotopic (exact) mass is 266 g/mol. The van der Waals surface area contributed by atoms with Crippen LogP contribution in [0.1, 0.15) is 48.4 Å². The Morgan fingerprint density at radius 2 is 2.11 bits per heavy atom. The van der Waals surface area contributed by atoms with Crippen molar-refractivity contribution in [3.05, 3.63) is 21.4 Å². The summed E-state index contributed by atoms with van der Waals surface area (Å²) < 4.78 is 0. The van der Waals surface area contributed by atoms with E-state index in [0.29, 0.717) is 6.04 Å². The summed E-state index contributed by atoms with van der Waals surface area (Å²) >= 11 is 2.03. The summed E-state index contributed by atoms with van der Waals surface area (Å²) in [5.41, 5.74) is 1.63. The van der Waals surface area contributed by atoms with Gasteiger partial charge in [-0.2, -0.15) is 0 Å². The molecule has 18 heavy (non-hydrogen) atoms. The van der Waals surface area contributed by atoms with Gasteiger partial charge >= 0.3 is 0 Å². The molecule has 1 aliphatic rings. The maximum atomic E-state index is 3.61. The van der Waals surface area contributed by atoms with Crippen molar-refractivity contribution in [3.8, 4) is 0 Å². The van der Waals surface area contributed by atoms with E-state index in [2.05, 4.69) is 30.5 Å². The molecule has 3 heteroatoms. The molecule has 0 bridgehead atoms. The van der Waals surface area contributed by atoms with Gasteiger partial charge in [0.1, 0.15) is 0 Å². The lowest BCUT2D eigenvalue weighted by Crippen LogP contribution is -2.35. The van der Waals surface area contributed by atoms with Gasteiger partial charge in [0.25, 0.3) is 0 Å². The van der Waals surface area contributed by atoms with Crippen LogP contribution in [0.15, 0.2) is 6.07 Å². The molecule has 1 heterocycles. The number of aryl methyl sites for hydroxylation is 2. The number of hydrogen-bond donors (Lipinski definition) is 2. The van der Waals surface area contributed by atoms with Crippen molar-refractivity contribution in [2.45, 2.75) is 58.5 Å². The number of nitrogens with one attached hydrogen (secondary N) is 2. The van der Waals surface area contributed by atoms with Crippen molar-refractivity contribution in [2.75, 3.05) is 13.1 Å². The van der Waals surface area contributed by atoms with E-state index in [1.165, 1.54) is 37.0 Å². The Hall–Kier alpha value is -0.380. The maximum absolute atomic E-state index is 3.61. The van der Waals surface area contributed by atoms with Gasteiger partial charge in [-0.1, -0.05) is 13.3 Å². The number of thiophene rings is 1. The van der Waals surface area contributed by atoms with Crippen LogP contribution < -0.4 is 10.6 Å². The molecule has 2 rings (SSSR count). The van der Waals surface area contributed by atoms with Crippen LogP contribution in [0.3, 0.4) is 0 Å². The second kappa shape index (κ2) is 7.27. The standard InChI is InChI=1S/C15H26N2S/c1-3-16-10-12(2)17-11-14-9-13-7-5-4-6-8-15(13)18-14/h9,12,16-17H,3-8,10-11H2,1-2H3. The lowest BCUT2D eigenvalue weighted by Gasteiger charge is -2.13. The lowest BCUT2D eigenvalue weighted by atomic mass is 10.1. The Morgan fingerprint density at radius 3 is 2.94 bits per heavy atom. The van der Waals surface area contributed by atoms with Crippen LogP contribution in [-0.2, 0) is 19.4 Å². The largest absolute Gasteiger partial charge is 0.315 e. The fourth-order valence-corrected chi connectivity index (χ4v) is 3.74. The molecule has 102 valence electrons. The first-order valence-electron chi connectivity index (χ1n) is 7.34. The molecule has 0 radical (unpaired) electrons. The van der Waals surface area contributed by atoms with E-state index in [9.17, 15) is 0 Å². The van der Waals surface area contributed by atoms with Gasteiger partial charge in [0, 0.05) is 28.9 Å². The van der Waals surface area contributed by atoms with Gasteiger partial charge in [0.15, 0.2) is 0 Å². The highest BCUT2D eigenvalue weighted by Crippen LogP contribution is 2.28. The van der Waals surface area contributed by atoms with E-state index in [1.54, 1.807) is 10.4 Å². The quantitative estimate of drug-likeness (QED) is 0.773. The number of fused-ring (bicyclic) bond motifs is 1. The highest BCUT2D eigenvalue weighted by Gasteiger charge is 2.12. The third-order valence-corrected chi connectivity index (χ3v) is 4.86. The Bertz CT molecular complexity index is 336. The van der Waals surface area contributed by atoms with Gasteiger partial charge in [0.2, 0.25) is 0 Å². The smallest absolute Gasteiger partial charge is 0.0302 e. The predicted molar refractivity (Wildman–Crippen MR) is 80.4 cm³/mol. The van der Waals surface area contributed by atoms with Crippen LogP contribution in [0.25, 0.3) is 0 Å². The molecule has 0 saturated carbocycles. The molecule has 0 aliphatic heterocycles. The molecular formula is C15H26N2S. The molecule has 0 saturated heterocycles. The summed E-state index contributed by atoms with van der Waals surface area (Å²) in [6.45, 7) is 7.55. The molecule has 0 fully saturated rings. The van der Waals surface area contributed by atoms with Crippen LogP contribution in [0.4, 0.5) is 0 Å². The minimum absolute atomic E-state index is 0.548. The van der Waals surface area contributed by atoms with E-state index < -0.39 is 0 Å². The second-order valence-corrected chi connectivity index (χ2v) is 6.53. The van der Waals surface area contributed by atoms with Crippen LogP contribution in [0.5, 0.6) is 0 Å². The van der Waals surface area contributed by atoms with Crippen LogP contribution >= 0.6 is 11.3 Å². The maximum Gasteiger partial charge on any atom is 0.0302 e. The van der Waals surface area contributed by atoms with Gasteiger partial charge < -0.3 is 10.6 Å². The first-order chi connectivity index (χ1) is 8.79. The third kappa shape index (κ3) is 4.08. The van der Waals surface area contributed by atoms with Crippen molar-refractivity contribution in [1.29, 1.82) is 0 Å². The molecular weight excluding hydrogens is 240 g/mol. The zero-order valence-corrected chi connectivity index (χ0v) is 12.5. The average Bonchev–Trinajstić information content (AvgIpc) is 2.64. The Balaban J connectivity index is 1.83. The van der Waals surface area contributed by atoms with Crippen molar-refractivity contribution in [2.24, 2.45) is 0 Å². The topological polar surface area (TPSA) is 24.1 Å². The molecule has 2 N–H and O–H groups in total. The van der Waals surface area contributed by atoms with Crippen LogP contribution in [-0.4, -0.2) is 19.1 Å². The van der Waals surface area contributed by atoms with Crippen molar-refractivity contribution in [1.82, 2.24) is 10.6 Å². The van der Waals surface area contributed by atoms with E-state index in [0.717, 1.165) is 19.6 Å². The molecule has 1 unspecified atom stereocenters. The first kappa shape index (κ1) is 14.0. The van der Waals surface area contributed by atoms with E-state index in [4.69, 9.17) is 0 Å². The first-order valence-corrected chi connectivity index (χ1v) is 8.15. The fourth-order valence-electron chi connectivity index (χ4n) is 2.52. The fraction of sp³-hybridized carbons (Fsp3) is 0.733. The van der Waals surface area contributed by atoms with Crippen molar-refractivity contribution < 1.29 is 0 Å². The minimum Gasteiger partial charge on any atom is -0.315 e. The van der Waals surface area contributed by atoms with E-state index in [-0.39, 0.29) is 0 Å². The number of likely N-dealkylation sites (N-methyl/N-ethyl adjacent to an activating group) is 1. The summed E-state index contributed by atoms with van der Waals surface area (Å²) in [5.74, 6) is 0. The summed E-state index contributed by atoms with van der Waals surface area (Å²) in [7, 11) is 0. The molecule has 1 aromatic rings. The van der Waals surface area contributed by atoms with Gasteiger partial charge in [0.05, 0.1) is 0 Å². The normalized spacial score (nSPS) is 17.2. The molecule has 0 amide bonds. The number of hydrogen-bond acceptors (Lipinski definition) is 3. The summed E-state index contributed by atoms with van der Waals surface area (Å²) in [4.78, 5) is 3.17. The second-order valence-electron chi connectivity index (χ2n) is 5.31. The zero-order chi connectivity index (χ0) is 12.8. The summed E-state index contributed by atoms with van der Waals surface area (Å²) in [6, 6.07) is 2.99. The molecule has 1 aromatic heterocycles. The van der Waals surface area contributed by atoms with Crippen LogP contribution in [0, 0.1) is 0 Å². The van der Waals surface area contributed by atoms with Gasteiger partial charge in [-0.25, -0.2) is 0 Å². The average molecular weight is 266 g/mol. The SMILES string of the molecule is CCNCC(C)NCc1cc2c(s1)CCCCC2. The number of rotatable bonds is 6. The van der Waals surface area contributed by atoms with Gasteiger partial charge in [-0.15, -0.1) is 11.3 Å². The van der Waals surface area contributed by atoms with Crippen molar-refractivity contribution in [3.63, 3.8) is 0 Å². The summed E-state index contributed by atoms with van der Waals surface area (Å²) in [6.07, 6.45) is 6.80. The van der Waals surface area contributed by atoms with Crippen molar-refractivity contribution >= 4 is 11.3 Å². The van der Waals surface area contributed by atoms with Gasteiger partial charge in [-0.3, -0.25) is 0 Å². The van der Waals surface area contributed by atoms with Gasteiger partial charge in [-0.05, 0) is 50.8 Å². The molecule has 0 aromatic carbocycles.